The fraction of sp³-hybridized carbons (Fsp3) is 0.409. The number of para-hydroxylation sites is 1. The molecule has 31 heavy (non-hydrogen) atoms. The van der Waals surface area contributed by atoms with E-state index >= 15 is 0 Å². The molecule has 0 spiro atoms. The third-order valence-corrected chi connectivity index (χ3v) is 7.33. The molecule has 2 aromatic heterocycles. The van der Waals surface area contributed by atoms with Gasteiger partial charge in [-0.05, 0) is 64.0 Å². The number of hydrogen-bond acceptors (Lipinski definition) is 6. The van der Waals surface area contributed by atoms with E-state index in [-0.39, 0.29) is 0 Å². The van der Waals surface area contributed by atoms with Gasteiger partial charge in [-0.25, -0.2) is 18.1 Å². The van der Waals surface area contributed by atoms with Gasteiger partial charge in [0.25, 0.3) is 0 Å². The van der Waals surface area contributed by atoms with Crippen molar-refractivity contribution >= 4 is 15.8 Å². The molecule has 9 heteroatoms. The van der Waals surface area contributed by atoms with Crippen molar-refractivity contribution in [1.29, 1.82) is 0 Å². The van der Waals surface area contributed by atoms with E-state index in [1.54, 1.807) is 24.6 Å². The SMILES string of the molecule is CC(C)S(=O)(=O)Nc1cccc(C2CCN(Cc3cn(-c4ccccc4)nn3)CC2)n1. The second-order valence-electron chi connectivity index (χ2n) is 8.18. The Morgan fingerprint density at radius 3 is 2.52 bits per heavy atom. The van der Waals surface area contributed by atoms with Gasteiger partial charge in [0.1, 0.15) is 5.82 Å². The zero-order chi connectivity index (χ0) is 21.8. The Bertz CT molecular complexity index is 1110. The summed E-state index contributed by atoms with van der Waals surface area (Å²) in [5.74, 6) is 0.714. The number of anilines is 1. The first-order valence-corrected chi connectivity index (χ1v) is 12.1. The van der Waals surface area contributed by atoms with Crippen LogP contribution in [0.2, 0.25) is 0 Å². The van der Waals surface area contributed by atoms with Gasteiger partial charge < -0.3 is 0 Å². The number of pyridine rings is 1. The quantitative estimate of drug-likeness (QED) is 0.607. The summed E-state index contributed by atoms with van der Waals surface area (Å²) in [5, 5.41) is 8.06. The first-order chi connectivity index (χ1) is 14.9. The zero-order valence-electron chi connectivity index (χ0n) is 17.8. The summed E-state index contributed by atoms with van der Waals surface area (Å²) in [6.07, 6.45) is 3.92. The maximum atomic E-state index is 12.1. The predicted molar refractivity (Wildman–Crippen MR) is 121 cm³/mol. The maximum absolute atomic E-state index is 12.1. The molecule has 0 radical (unpaired) electrons. The number of nitrogens with one attached hydrogen (secondary N) is 1. The van der Waals surface area contributed by atoms with Gasteiger partial charge in [0.05, 0.1) is 22.8 Å². The molecule has 1 aliphatic rings. The summed E-state index contributed by atoms with van der Waals surface area (Å²) in [7, 11) is -3.40. The van der Waals surface area contributed by atoms with Gasteiger partial charge >= 0.3 is 0 Å². The van der Waals surface area contributed by atoms with E-state index in [1.165, 1.54) is 0 Å². The van der Waals surface area contributed by atoms with Gasteiger partial charge in [-0.15, -0.1) is 5.10 Å². The third kappa shape index (κ3) is 5.29. The Hall–Kier alpha value is -2.78. The van der Waals surface area contributed by atoms with E-state index in [2.05, 4.69) is 24.9 Å². The van der Waals surface area contributed by atoms with Crippen LogP contribution in [0.5, 0.6) is 0 Å². The van der Waals surface area contributed by atoms with Crippen LogP contribution in [0, 0.1) is 0 Å². The first-order valence-electron chi connectivity index (χ1n) is 10.6. The number of hydrogen-bond donors (Lipinski definition) is 1. The highest BCUT2D eigenvalue weighted by atomic mass is 32.2. The summed E-state index contributed by atoms with van der Waals surface area (Å²) in [5.41, 5.74) is 2.89. The fourth-order valence-corrected chi connectivity index (χ4v) is 4.33. The van der Waals surface area contributed by atoms with Crippen molar-refractivity contribution in [3.8, 4) is 5.69 Å². The molecular weight excluding hydrogens is 412 g/mol. The lowest BCUT2D eigenvalue weighted by Crippen LogP contribution is -2.33. The molecule has 0 saturated carbocycles. The van der Waals surface area contributed by atoms with Gasteiger partial charge in [0, 0.05) is 18.2 Å². The Morgan fingerprint density at radius 1 is 1.06 bits per heavy atom. The molecule has 1 aromatic carbocycles. The van der Waals surface area contributed by atoms with Crippen molar-refractivity contribution in [3.05, 3.63) is 66.1 Å². The van der Waals surface area contributed by atoms with Crippen LogP contribution in [-0.2, 0) is 16.6 Å². The normalized spacial score (nSPS) is 16.0. The molecule has 1 saturated heterocycles. The van der Waals surface area contributed by atoms with Crippen molar-refractivity contribution in [1.82, 2.24) is 24.9 Å². The van der Waals surface area contributed by atoms with E-state index in [0.717, 1.165) is 49.6 Å². The van der Waals surface area contributed by atoms with Gasteiger partial charge in [-0.3, -0.25) is 9.62 Å². The van der Waals surface area contributed by atoms with E-state index in [0.29, 0.717) is 11.7 Å². The van der Waals surface area contributed by atoms with E-state index in [9.17, 15) is 8.42 Å². The lowest BCUT2D eigenvalue weighted by molar-refractivity contribution is 0.201. The van der Waals surface area contributed by atoms with Crippen molar-refractivity contribution in [2.75, 3.05) is 17.8 Å². The van der Waals surface area contributed by atoms with E-state index in [1.807, 2.05) is 48.7 Å². The third-order valence-electron chi connectivity index (χ3n) is 5.59. The van der Waals surface area contributed by atoms with Gasteiger partial charge in [0.2, 0.25) is 10.0 Å². The van der Waals surface area contributed by atoms with E-state index < -0.39 is 15.3 Å². The van der Waals surface area contributed by atoms with Gasteiger partial charge in [0.15, 0.2) is 0 Å². The maximum Gasteiger partial charge on any atom is 0.236 e. The van der Waals surface area contributed by atoms with Crippen LogP contribution in [0.3, 0.4) is 0 Å². The zero-order valence-corrected chi connectivity index (χ0v) is 18.7. The van der Waals surface area contributed by atoms with Crippen molar-refractivity contribution < 1.29 is 8.42 Å². The molecule has 164 valence electrons. The molecule has 1 fully saturated rings. The molecule has 1 N–H and O–H groups in total. The number of piperidine rings is 1. The molecule has 0 bridgehead atoms. The average Bonchev–Trinajstić information content (AvgIpc) is 3.23. The van der Waals surface area contributed by atoms with E-state index in [4.69, 9.17) is 0 Å². The summed E-state index contributed by atoms with van der Waals surface area (Å²) in [4.78, 5) is 6.95. The summed E-state index contributed by atoms with van der Waals surface area (Å²) < 4.78 is 28.6. The van der Waals surface area contributed by atoms with Crippen LogP contribution < -0.4 is 4.72 Å². The minimum Gasteiger partial charge on any atom is -0.297 e. The lowest BCUT2D eigenvalue weighted by Gasteiger charge is -2.31. The second-order valence-corrected chi connectivity index (χ2v) is 10.4. The highest BCUT2D eigenvalue weighted by molar-refractivity contribution is 7.93. The topological polar surface area (TPSA) is 93.0 Å². The van der Waals surface area contributed by atoms with Gasteiger partial charge in [-0.2, -0.15) is 0 Å². The van der Waals surface area contributed by atoms with Crippen LogP contribution in [0.15, 0.2) is 54.7 Å². The molecule has 1 aliphatic heterocycles. The minimum atomic E-state index is -3.40. The van der Waals surface area contributed by atoms with Crippen LogP contribution in [-0.4, -0.2) is 51.6 Å². The van der Waals surface area contributed by atoms with Crippen LogP contribution in [0.1, 0.15) is 44.0 Å². The number of nitrogens with zero attached hydrogens (tertiary/aromatic N) is 5. The number of sulfonamides is 1. The molecule has 3 heterocycles. The number of rotatable bonds is 7. The van der Waals surface area contributed by atoms with Crippen molar-refractivity contribution in [3.63, 3.8) is 0 Å². The largest absolute Gasteiger partial charge is 0.297 e. The van der Waals surface area contributed by atoms with Crippen LogP contribution in [0.4, 0.5) is 5.82 Å². The molecule has 4 rings (SSSR count). The molecule has 0 unspecified atom stereocenters. The van der Waals surface area contributed by atoms with Crippen molar-refractivity contribution in [2.24, 2.45) is 0 Å². The summed E-state index contributed by atoms with van der Waals surface area (Å²) in [6, 6.07) is 15.5. The van der Waals surface area contributed by atoms with Crippen molar-refractivity contribution in [2.45, 2.75) is 44.4 Å². The number of aromatic nitrogens is 4. The Morgan fingerprint density at radius 2 is 1.81 bits per heavy atom. The molecule has 8 nitrogen and oxygen atoms in total. The number of benzene rings is 1. The predicted octanol–water partition coefficient (Wildman–Crippen LogP) is 3.19. The van der Waals surface area contributed by atoms with Gasteiger partial charge in [-0.1, -0.05) is 29.5 Å². The second kappa shape index (κ2) is 9.15. The minimum absolute atomic E-state index is 0.319. The van der Waals surface area contributed by atoms with Crippen LogP contribution >= 0.6 is 0 Å². The highest BCUT2D eigenvalue weighted by Gasteiger charge is 2.23. The standard InChI is InChI=1S/C22H28N6O2S/c1-17(2)31(29,30)25-22-10-6-9-21(23-22)18-11-13-27(14-12-18)15-19-16-28(26-24-19)20-7-4-3-5-8-20/h3-10,16-18H,11-15H2,1-2H3,(H,23,25). The average molecular weight is 441 g/mol. The first kappa shape index (κ1) is 21.5. The summed E-state index contributed by atoms with van der Waals surface area (Å²) in [6.45, 7) is 5.95. The molecule has 0 amide bonds. The van der Waals surface area contributed by atoms with Crippen LogP contribution in [0.25, 0.3) is 5.69 Å². The highest BCUT2D eigenvalue weighted by Crippen LogP contribution is 2.28. The Balaban J connectivity index is 1.34. The molecule has 3 aromatic rings. The molecular formula is C22H28N6O2S. The molecule has 0 atom stereocenters. The fourth-order valence-electron chi connectivity index (χ4n) is 3.69. The Kier molecular flexibility index (Phi) is 6.33. The lowest BCUT2D eigenvalue weighted by atomic mass is 9.93. The monoisotopic (exact) mass is 440 g/mol. The smallest absolute Gasteiger partial charge is 0.236 e. The number of likely N-dealkylation sites (tertiary alicyclic amines) is 1. The molecule has 0 aliphatic carbocycles. The Labute approximate surface area is 183 Å². The summed E-state index contributed by atoms with van der Waals surface area (Å²) >= 11 is 0.